The van der Waals surface area contributed by atoms with Crippen molar-refractivity contribution in [2.75, 3.05) is 19.7 Å². The Hall–Kier alpha value is -0.570. The Morgan fingerprint density at radius 2 is 2.13 bits per heavy atom. The Labute approximate surface area is 91.8 Å². The fourth-order valence-electron chi connectivity index (χ4n) is 2.35. The Kier molecular flexibility index (Phi) is 3.62. The van der Waals surface area contributed by atoms with Crippen LogP contribution in [0.1, 0.15) is 39.0 Å². The summed E-state index contributed by atoms with van der Waals surface area (Å²) >= 11 is 0. The topological polar surface area (TPSA) is 29.5 Å². The van der Waals surface area contributed by atoms with Gasteiger partial charge >= 0.3 is 5.97 Å². The van der Waals surface area contributed by atoms with E-state index in [0.29, 0.717) is 6.61 Å². The number of hydrogen-bond donors (Lipinski definition) is 0. The molecule has 1 aliphatic heterocycles. The number of hydrogen-bond acceptors (Lipinski definition) is 3. The lowest BCUT2D eigenvalue weighted by Gasteiger charge is -2.33. The van der Waals surface area contributed by atoms with Gasteiger partial charge in [0.1, 0.15) is 6.04 Å². The largest absolute Gasteiger partial charge is 0.465 e. The summed E-state index contributed by atoms with van der Waals surface area (Å²) in [5, 5.41) is 0. The third-order valence-corrected chi connectivity index (χ3v) is 3.36. The first-order valence-electron chi connectivity index (χ1n) is 6.22. The summed E-state index contributed by atoms with van der Waals surface area (Å²) in [7, 11) is 0. The van der Waals surface area contributed by atoms with Crippen LogP contribution in [-0.2, 0) is 9.53 Å². The minimum Gasteiger partial charge on any atom is -0.465 e. The quantitative estimate of drug-likeness (QED) is 0.664. The molecular formula is C12H21NO2. The van der Waals surface area contributed by atoms with Gasteiger partial charge < -0.3 is 4.74 Å². The van der Waals surface area contributed by atoms with E-state index in [4.69, 9.17) is 4.74 Å². The molecule has 3 heteroatoms. The maximum atomic E-state index is 11.7. The van der Waals surface area contributed by atoms with Crippen molar-refractivity contribution in [1.82, 2.24) is 4.90 Å². The summed E-state index contributed by atoms with van der Waals surface area (Å²) in [6, 6.07) is 0.0549. The summed E-state index contributed by atoms with van der Waals surface area (Å²) in [6.45, 7) is 4.59. The molecule has 2 fully saturated rings. The van der Waals surface area contributed by atoms with E-state index in [1.807, 2.05) is 6.92 Å². The SMILES string of the molecule is CCOC(=O)C1CCCCN1CC1CC1. The van der Waals surface area contributed by atoms with Gasteiger partial charge in [-0.25, -0.2) is 0 Å². The lowest BCUT2D eigenvalue weighted by molar-refractivity contribution is -0.151. The molecular weight excluding hydrogens is 190 g/mol. The first-order chi connectivity index (χ1) is 7.31. The van der Waals surface area contributed by atoms with E-state index in [2.05, 4.69) is 4.90 Å². The highest BCUT2D eigenvalue weighted by atomic mass is 16.5. The average Bonchev–Trinajstić information content (AvgIpc) is 3.03. The van der Waals surface area contributed by atoms with Gasteiger partial charge in [-0.3, -0.25) is 9.69 Å². The first kappa shape index (κ1) is 10.9. The van der Waals surface area contributed by atoms with E-state index in [1.54, 1.807) is 0 Å². The lowest BCUT2D eigenvalue weighted by Crippen LogP contribution is -2.46. The van der Waals surface area contributed by atoms with E-state index < -0.39 is 0 Å². The number of carbonyl (C=O) groups excluding carboxylic acids is 1. The number of ether oxygens (including phenoxy) is 1. The molecule has 1 saturated carbocycles. The molecule has 0 amide bonds. The molecule has 0 N–H and O–H groups in total. The van der Waals surface area contributed by atoms with Gasteiger partial charge in [0.05, 0.1) is 6.61 Å². The Balaban J connectivity index is 1.88. The third-order valence-electron chi connectivity index (χ3n) is 3.36. The second-order valence-corrected chi connectivity index (χ2v) is 4.70. The molecule has 0 bridgehead atoms. The molecule has 0 spiro atoms. The van der Waals surface area contributed by atoms with Gasteiger partial charge in [-0.1, -0.05) is 6.42 Å². The van der Waals surface area contributed by atoms with Crippen LogP contribution in [0.25, 0.3) is 0 Å². The monoisotopic (exact) mass is 211 g/mol. The number of likely N-dealkylation sites (tertiary alicyclic amines) is 1. The summed E-state index contributed by atoms with van der Waals surface area (Å²) in [4.78, 5) is 14.1. The Bertz CT molecular complexity index is 226. The molecule has 0 aromatic heterocycles. The molecule has 86 valence electrons. The average molecular weight is 211 g/mol. The normalized spacial score (nSPS) is 27.7. The van der Waals surface area contributed by atoms with Crippen molar-refractivity contribution in [2.45, 2.75) is 45.1 Å². The predicted octanol–water partition coefficient (Wildman–Crippen LogP) is 1.81. The zero-order chi connectivity index (χ0) is 10.7. The molecule has 1 unspecified atom stereocenters. The highest BCUT2D eigenvalue weighted by Gasteiger charge is 2.33. The van der Waals surface area contributed by atoms with Crippen molar-refractivity contribution < 1.29 is 9.53 Å². The van der Waals surface area contributed by atoms with Crippen LogP contribution in [0.15, 0.2) is 0 Å². The van der Waals surface area contributed by atoms with Crippen LogP contribution in [0.2, 0.25) is 0 Å². The smallest absolute Gasteiger partial charge is 0.323 e. The van der Waals surface area contributed by atoms with Crippen molar-refractivity contribution in [3.8, 4) is 0 Å². The van der Waals surface area contributed by atoms with Crippen molar-refractivity contribution in [2.24, 2.45) is 5.92 Å². The summed E-state index contributed by atoms with van der Waals surface area (Å²) in [5.74, 6) is 0.859. The Morgan fingerprint density at radius 1 is 1.33 bits per heavy atom. The van der Waals surface area contributed by atoms with Crippen LogP contribution in [0.4, 0.5) is 0 Å². The summed E-state index contributed by atoms with van der Waals surface area (Å²) in [6.07, 6.45) is 6.11. The number of rotatable bonds is 4. The van der Waals surface area contributed by atoms with Gasteiger partial charge in [0.25, 0.3) is 0 Å². The van der Waals surface area contributed by atoms with Crippen LogP contribution < -0.4 is 0 Å². The molecule has 0 radical (unpaired) electrons. The van der Waals surface area contributed by atoms with Gasteiger partial charge in [0.15, 0.2) is 0 Å². The fourth-order valence-corrected chi connectivity index (χ4v) is 2.35. The van der Waals surface area contributed by atoms with Crippen molar-refractivity contribution in [3.63, 3.8) is 0 Å². The zero-order valence-electron chi connectivity index (χ0n) is 9.58. The second-order valence-electron chi connectivity index (χ2n) is 4.70. The molecule has 1 saturated heterocycles. The van der Waals surface area contributed by atoms with Crippen LogP contribution in [-0.4, -0.2) is 36.6 Å². The van der Waals surface area contributed by atoms with Crippen LogP contribution in [0.3, 0.4) is 0 Å². The maximum Gasteiger partial charge on any atom is 0.323 e. The summed E-state index contributed by atoms with van der Waals surface area (Å²) in [5.41, 5.74) is 0. The van der Waals surface area contributed by atoms with E-state index in [0.717, 1.165) is 25.4 Å². The van der Waals surface area contributed by atoms with Gasteiger partial charge in [0, 0.05) is 6.54 Å². The molecule has 3 nitrogen and oxygen atoms in total. The minimum atomic E-state index is -0.00199. The molecule has 0 aromatic rings. The van der Waals surface area contributed by atoms with Crippen LogP contribution in [0, 0.1) is 5.92 Å². The van der Waals surface area contributed by atoms with Gasteiger partial charge in [-0.15, -0.1) is 0 Å². The molecule has 1 atom stereocenters. The number of carbonyl (C=O) groups is 1. The molecule has 2 rings (SSSR count). The van der Waals surface area contributed by atoms with Gasteiger partial charge in [-0.05, 0) is 45.1 Å². The van der Waals surface area contributed by atoms with Crippen molar-refractivity contribution in [3.05, 3.63) is 0 Å². The predicted molar refractivity (Wildman–Crippen MR) is 58.6 cm³/mol. The maximum absolute atomic E-state index is 11.7. The van der Waals surface area contributed by atoms with Gasteiger partial charge in [-0.2, -0.15) is 0 Å². The van der Waals surface area contributed by atoms with Gasteiger partial charge in [0.2, 0.25) is 0 Å². The molecule has 0 aromatic carbocycles. The van der Waals surface area contributed by atoms with E-state index >= 15 is 0 Å². The van der Waals surface area contributed by atoms with Crippen molar-refractivity contribution >= 4 is 5.97 Å². The number of esters is 1. The number of nitrogens with zero attached hydrogens (tertiary/aromatic N) is 1. The third kappa shape index (κ3) is 2.94. The van der Waals surface area contributed by atoms with Crippen LogP contribution >= 0.6 is 0 Å². The highest BCUT2D eigenvalue weighted by Crippen LogP contribution is 2.32. The summed E-state index contributed by atoms with van der Waals surface area (Å²) < 4.78 is 5.13. The molecule has 2 aliphatic rings. The number of piperidine rings is 1. The molecule has 1 aliphatic carbocycles. The van der Waals surface area contributed by atoms with E-state index in [-0.39, 0.29) is 12.0 Å². The second kappa shape index (κ2) is 4.97. The fraction of sp³-hybridized carbons (Fsp3) is 0.917. The molecule has 1 heterocycles. The highest BCUT2D eigenvalue weighted by molar-refractivity contribution is 5.75. The van der Waals surface area contributed by atoms with Crippen molar-refractivity contribution in [1.29, 1.82) is 0 Å². The minimum absolute atomic E-state index is 0.00199. The van der Waals surface area contributed by atoms with E-state index in [1.165, 1.54) is 25.7 Å². The zero-order valence-corrected chi connectivity index (χ0v) is 9.58. The van der Waals surface area contributed by atoms with Crippen LogP contribution in [0.5, 0.6) is 0 Å². The first-order valence-corrected chi connectivity index (χ1v) is 6.22. The van der Waals surface area contributed by atoms with E-state index in [9.17, 15) is 4.79 Å². The standard InChI is InChI=1S/C12H21NO2/c1-2-15-12(14)11-5-3-4-8-13(11)9-10-6-7-10/h10-11H,2-9H2,1H3. The lowest BCUT2D eigenvalue weighted by atomic mass is 10.0. The Morgan fingerprint density at radius 3 is 2.80 bits per heavy atom. The molecule has 15 heavy (non-hydrogen) atoms.